The van der Waals surface area contributed by atoms with E-state index in [1.807, 2.05) is 29.5 Å². The van der Waals surface area contributed by atoms with Crippen LogP contribution in [0.25, 0.3) is 0 Å². The maximum Gasteiger partial charge on any atom is 0.188 e. The summed E-state index contributed by atoms with van der Waals surface area (Å²) in [5.41, 5.74) is 0. The summed E-state index contributed by atoms with van der Waals surface area (Å²) in [4.78, 5) is 10.8. The highest BCUT2D eigenvalue weighted by Crippen LogP contribution is 2.06. The third-order valence-electron chi connectivity index (χ3n) is 1.08. The number of alkyl halides is 1. The largest absolute Gasteiger partial charge is 0.393 e. The Morgan fingerprint density at radius 2 is 2.42 bits per heavy atom. The van der Waals surface area contributed by atoms with Crippen LogP contribution in [0.3, 0.4) is 0 Å². The van der Waals surface area contributed by atoms with Crippen molar-refractivity contribution in [2.24, 2.45) is 0 Å². The molecule has 1 unspecified atom stereocenters. The van der Waals surface area contributed by atoms with Gasteiger partial charge in [0.05, 0.1) is 13.2 Å². The van der Waals surface area contributed by atoms with Crippen LogP contribution in [-0.2, 0) is 9.53 Å². The number of carbonyl (C=O) groups is 1. The molecule has 0 saturated heterocycles. The Bertz CT molecular complexity index is 132. The van der Waals surface area contributed by atoms with Gasteiger partial charge < -0.3 is 9.84 Å². The second-order valence-corrected chi connectivity index (χ2v) is 4.58. The SMILES string of the molecule is CCC(=O)SCCOC(I)CO. The Morgan fingerprint density at radius 1 is 1.75 bits per heavy atom. The Kier molecular flexibility index (Phi) is 8.74. The maximum atomic E-state index is 10.8. The van der Waals surface area contributed by atoms with E-state index in [0.717, 1.165) is 0 Å². The van der Waals surface area contributed by atoms with Crippen molar-refractivity contribution in [2.75, 3.05) is 19.0 Å². The van der Waals surface area contributed by atoms with Crippen LogP contribution in [0.1, 0.15) is 13.3 Å². The molecule has 5 heteroatoms. The van der Waals surface area contributed by atoms with Crippen molar-refractivity contribution in [2.45, 2.75) is 17.5 Å². The lowest BCUT2D eigenvalue weighted by Gasteiger charge is -2.06. The van der Waals surface area contributed by atoms with Gasteiger partial charge in [0.25, 0.3) is 0 Å². The van der Waals surface area contributed by atoms with Crippen molar-refractivity contribution in [3.05, 3.63) is 0 Å². The first-order valence-corrected chi connectivity index (χ1v) is 5.96. The molecule has 1 atom stereocenters. The first kappa shape index (κ1) is 12.7. The van der Waals surface area contributed by atoms with E-state index in [-0.39, 0.29) is 15.8 Å². The Morgan fingerprint density at radius 3 is 2.92 bits per heavy atom. The lowest BCUT2D eigenvalue weighted by molar-refractivity contribution is -0.110. The van der Waals surface area contributed by atoms with E-state index in [0.29, 0.717) is 18.8 Å². The highest BCUT2D eigenvalue weighted by molar-refractivity contribution is 14.1. The number of rotatable bonds is 6. The van der Waals surface area contributed by atoms with Gasteiger partial charge >= 0.3 is 0 Å². The normalized spacial score (nSPS) is 12.9. The van der Waals surface area contributed by atoms with Gasteiger partial charge in [0, 0.05) is 12.2 Å². The van der Waals surface area contributed by atoms with Crippen molar-refractivity contribution in [3.8, 4) is 0 Å². The van der Waals surface area contributed by atoms with Crippen molar-refractivity contribution >= 4 is 39.5 Å². The van der Waals surface area contributed by atoms with E-state index in [1.54, 1.807) is 0 Å². The van der Waals surface area contributed by atoms with E-state index in [2.05, 4.69) is 0 Å². The third kappa shape index (κ3) is 7.33. The van der Waals surface area contributed by atoms with Crippen molar-refractivity contribution in [1.29, 1.82) is 0 Å². The van der Waals surface area contributed by atoms with Crippen LogP contribution in [0.5, 0.6) is 0 Å². The number of aliphatic hydroxyl groups excluding tert-OH is 1. The molecular weight excluding hydrogens is 291 g/mol. The van der Waals surface area contributed by atoms with Crippen LogP contribution in [0, 0.1) is 0 Å². The van der Waals surface area contributed by atoms with Crippen molar-refractivity contribution < 1.29 is 14.6 Å². The summed E-state index contributed by atoms with van der Waals surface area (Å²) < 4.78 is 5.00. The molecule has 0 aliphatic carbocycles. The highest BCUT2D eigenvalue weighted by atomic mass is 127. The molecule has 1 N–H and O–H groups in total. The average Bonchev–Trinajstić information content (AvgIpc) is 2.11. The van der Waals surface area contributed by atoms with Crippen LogP contribution in [-0.4, -0.2) is 33.3 Å². The molecule has 72 valence electrons. The molecule has 0 saturated carbocycles. The fourth-order valence-corrected chi connectivity index (χ4v) is 1.35. The first-order chi connectivity index (χ1) is 5.70. The van der Waals surface area contributed by atoms with Crippen LogP contribution in [0.4, 0.5) is 0 Å². The molecule has 0 rings (SSSR count). The summed E-state index contributed by atoms with van der Waals surface area (Å²) in [6.45, 7) is 2.38. The Labute approximate surface area is 90.4 Å². The number of halogens is 1. The minimum Gasteiger partial charge on any atom is -0.393 e. The molecule has 0 amide bonds. The second kappa shape index (κ2) is 8.28. The minimum atomic E-state index is -0.153. The number of hydrogen-bond donors (Lipinski definition) is 1. The summed E-state index contributed by atoms with van der Waals surface area (Å²) in [6, 6.07) is 0. The summed E-state index contributed by atoms with van der Waals surface area (Å²) in [7, 11) is 0. The van der Waals surface area contributed by atoms with Gasteiger partial charge in [-0.05, 0) is 22.6 Å². The zero-order valence-corrected chi connectivity index (χ0v) is 9.93. The molecule has 0 heterocycles. The molecule has 0 fully saturated rings. The van der Waals surface area contributed by atoms with Gasteiger partial charge in [0.15, 0.2) is 5.12 Å². The standard InChI is InChI=1S/C7H13IO3S/c1-2-7(10)12-4-3-11-6(8)5-9/h6,9H,2-5H2,1H3. The molecule has 0 aromatic carbocycles. The fourth-order valence-electron chi connectivity index (χ4n) is 0.486. The zero-order valence-electron chi connectivity index (χ0n) is 6.96. The Hall–Kier alpha value is 0.670. The third-order valence-corrected chi connectivity index (χ3v) is 2.81. The van der Waals surface area contributed by atoms with Crippen molar-refractivity contribution in [3.63, 3.8) is 0 Å². The number of hydrogen-bond acceptors (Lipinski definition) is 4. The summed E-state index contributed by atoms with van der Waals surface area (Å²) in [5.74, 6) is 0.673. The Balaban J connectivity index is 3.15. The van der Waals surface area contributed by atoms with Gasteiger partial charge in [-0.15, -0.1) is 0 Å². The lowest BCUT2D eigenvalue weighted by Crippen LogP contribution is -2.11. The molecule has 0 aromatic heterocycles. The van der Waals surface area contributed by atoms with E-state index in [9.17, 15) is 4.79 Å². The molecule has 0 aliphatic heterocycles. The second-order valence-electron chi connectivity index (χ2n) is 2.04. The lowest BCUT2D eigenvalue weighted by atomic mass is 10.6. The molecule has 0 spiro atoms. The molecule has 0 radical (unpaired) electrons. The smallest absolute Gasteiger partial charge is 0.188 e. The quantitative estimate of drug-likeness (QED) is 0.458. The average molecular weight is 304 g/mol. The minimum absolute atomic E-state index is 0.0208. The van der Waals surface area contributed by atoms with Gasteiger partial charge in [-0.3, -0.25) is 4.79 Å². The summed E-state index contributed by atoms with van der Waals surface area (Å²) in [6.07, 6.45) is 0.568. The van der Waals surface area contributed by atoms with Gasteiger partial charge in [0.2, 0.25) is 0 Å². The predicted molar refractivity (Wildman–Crippen MR) is 58.6 cm³/mol. The molecule has 0 aliphatic rings. The van der Waals surface area contributed by atoms with Crippen LogP contribution in [0.2, 0.25) is 0 Å². The van der Waals surface area contributed by atoms with E-state index >= 15 is 0 Å². The highest BCUT2D eigenvalue weighted by Gasteiger charge is 2.02. The van der Waals surface area contributed by atoms with Crippen LogP contribution in [0.15, 0.2) is 0 Å². The van der Waals surface area contributed by atoms with E-state index < -0.39 is 0 Å². The van der Waals surface area contributed by atoms with Gasteiger partial charge in [0.1, 0.15) is 4.11 Å². The monoisotopic (exact) mass is 304 g/mol. The number of ether oxygens (including phenoxy) is 1. The predicted octanol–water partition coefficient (Wildman–Crippen LogP) is 1.43. The molecule has 3 nitrogen and oxygen atoms in total. The number of carbonyl (C=O) groups excluding carboxylic acids is 1. The fraction of sp³-hybridized carbons (Fsp3) is 0.857. The molecule has 0 aromatic rings. The van der Waals surface area contributed by atoms with Gasteiger partial charge in [-0.25, -0.2) is 0 Å². The number of thioether (sulfide) groups is 1. The molecule has 0 bridgehead atoms. The topological polar surface area (TPSA) is 46.5 Å². The van der Waals surface area contributed by atoms with Gasteiger partial charge in [-0.1, -0.05) is 18.7 Å². The van der Waals surface area contributed by atoms with E-state index in [1.165, 1.54) is 11.8 Å². The zero-order chi connectivity index (χ0) is 9.40. The first-order valence-electron chi connectivity index (χ1n) is 3.72. The van der Waals surface area contributed by atoms with Crippen LogP contribution >= 0.6 is 34.4 Å². The van der Waals surface area contributed by atoms with E-state index in [4.69, 9.17) is 9.84 Å². The molecule has 12 heavy (non-hydrogen) atoms. The van der Waals surface area contributed by atoms with Crippen LogP contribution < -0.4 is 0 Å². The summed E-state index contributed by atoms with van der Waals surface area (Å²) >= 11 is 3.29. The van der Waals surface area contributed by atoms with Crippen molar-refractivity contribution in [1.82, 2.24) is 0 Å². The summed E-state index contributed by atoms with van der Waals surface area (Å²) in [5, 5.41) is 8.77. The number of aliphatic hydroxyl groups is 1. The maximum absolute atomic E-state index is 10.8. The van der Waals surface area contributed by atoms with Gasteiger partial charge in [-0.2, -0.15) is 0 Å². The molecular formula is C7H13IO3S.